The Morgan fingerprint density at radius 3 is 2.76 bits per heavy atom. The Morgan fingerprint density at radius 2 is 2.00 bits per heavy atom. The second kappa shape index (κ2) is 7.33. The summed E-state index contributed by atoms with van der Waals surface area (Å²) in [6, 6.07) is 9.42. The lowest BCUT2D eigenvalue weighted by atomic mass is 10.2. The Morgan fingerprint density at radius 1 is 1.19 bits per heavy atom. The molecule has 0 amide bonds. The molecule has 0 fully saturated rings. The summed E-state index contributed by atoms with van der Waals surface area (Å²) in [4.78, 5) is 0. The molecule has 0 saturated carbocycles. The van der Waals surface area contributed by atoms with Crippen molar-refractivity contribution in [1.29, 1.82) is 0 Å². The number of benzene rings is 2. The topological polar surface area (TPSA) is 35.2 Å². The monoisotopic (exact) mass is 323 g/mol. The lowest BCUT2D eigenvalue weighted by Gasteiger charge is -2.10. The second-order valence-electron chi connectivity index (χ2n) is 4.15. The van der Waals surface area contributed by atoms with E-state index in [2.05, 4.69) is 11.8 Å². The molecule has 0 unspecified atom stereocenters. The van der Waals surface area contributed by atoms with Gasteiger partial charge in [-0.2, -0.15) is 0 Å². The Labute approximate surface area is 132 Å². The first-order valence-electron chi connectivity index (χ1n) is 6.16. The highest BCUT2D eigenvalue weighted by atomic mass is 35.5. The third-order valence-electron chi connectivity index (χ3n) is 2.68. The highest BCUT2D eigenvalue weighted by Gasteiger charge is 2.07. The van der Waals surface area contributed by atoms with Crippen molar-refractivity contribution < 1.29 is 9.13 Å². The fraction of sp³-hybridized carbons (Fsp3) is 0.125. The molecule has 2 aromatic carbocycles. The van der Waals surface area contributed by atoms with Crippen LogP contribution >= 0.6 is 23.2 Å². The Kier molecular flexibility index (Phi) is 5.46. The van der Waals surface area contributed by atoms with Crippen LogP contribution in [0.3, 0.4) is 0 Å². The maximum absolute atomic E-state index is 13.3. The molecule has 0 aliphatic carbocycles. The van der Waals surface area contributed by atoms with Gasteiger partial charge in [0.05, 0.1) is 22.2 Å². The van der Waals surface area contributed by atoms with Gasteiger partial charge >= 0.3 is 0 Å². The zero-order chi connectivity index (χ0) is 15.2. The average Bonchev–Trinajstić information content (AvgIpc) is 2.48. The molecule has 0 aromatic heterocycles. The predicted octanol–water partition coefficient (Wildman–Crippen LogP) is 4.02. The van der Waals surface area contributed by atoms with Gasteiger partial charge in [-0.05, 0) is 24.3 Å². The molecule has 2 N–H and O–H groups in total. The number of rotatable bonds is 3. The molecule has 0 spiro atoms. The molecule has 0 heterocycles. The summed E-state index contributed by atoms with van der Waals surface area (Å²) < 4.78 is 18.9. The lowest BCUT2D eigenvalue weighted by Crippen LogP contribution is -1.99. The van der Waals surface area contributed by atoms with Crippen molar-refractivity contribution in [3.05, 3.63) is 63.4 Å². The van der Waals surface area contributed by atoms with E-state index >= 15 is 0 Å². The molecule has 2 nitrogen and oxygen atoms in total. The van der Waals surface area contributed by atoms with Gasteiger partial charge < -0.3 is 10.5 Å². The summed E-state index contributed by atoms with van der Waals surface area (Å²) in [7, 11) is 0. The molecule has 0 bridgehead atoms. The number of hydrogen-bond donors (Lipinski definition) is 1. The molecule has 2 aromatic rings. The van der Waals surface area contributed by atoms with Gasteiger partial charge in [0, 0.05) is 5.56 Å². The van der Waals surface area contributed by atoms with E-state index < -0.39 is 0 Å². The molecule has 2 rings (SSSR count). The third-order valence-corrected chi connectivity index (χ3v) is 3.54. The number of ether oxygens (including phenoxy) is 1. The van der Waals surface area contributed by atoms with Crippen LogP contribution in [-0.4, -0.2) is 6.54 Å². The molecule has 0 aliphatic rings. The minimum Gasteiger partial charge on any atom is -0.488 e. The minimum absolute atomic E-state index is 0.191. The van der Waals surface area contributed by atoms with Crippen molar-refractivity contribution >= 4 is 23.2 Å². The van der Waals surface area contributed by atoms with E-state index in [-0.39, 0.29) is 19.0 Å². The summed E-state index contributed by atoms with van der Waals surface area (Å²) in [6.07, 6.45) is 0. The van der Waals surface area contributed by atoms with Crippen LogP contribution in [-0.2, 0) is 6.61 Å². The van der Waals surface area contributed by atoms with Gasteiger partial charge in [-0.25, -0.2) is 4.39 Å². The normalized spacial score (nSPS) is 9.90. The largest absolute Gasteiger partial charge is 0.488 e. The number of halogens is 3. The van der Waals surface area contributed by atoms with Gasteiger partial charge in [-0.15, -0.1) is 0 Å². The first kappa shape index (κ1) is 15.7. The third kappa shape index (κ3) is 4.12. The SMILES string of the molecule is NCC#Cc1cc(F)ccc1OCc1cccc(Cl)c1Cl. The molecule has 0 radical (unpaired) electrons. The summed E-state index contributed by atoms with van der Waals surface area (Å²) in [6.45, 7) is 0.401. The van der Waals surface area contributed by atoms with Crippen LogP contribution in [0.25, 0.3) is 0 Å². The molecule has 108 valence electrons. The quantitative estimate of drug-likeness (QED) is 0.866. The van der Waals surface area contributed by atoms with Crippen LogP contribution in [0.2, 0.25) is 10.0 Å². The van der Waals surface area contributed by atoms with E-state index in [1.807, 2.05) is 6.07 Å². The van der Waals surface area contributed by atoms with Crippen molar-refractivity contribution in [3.8, 4) is 17.6 Å². The Balaban J connectivity index is 2.22. The van der Waals surface area contributed by atoms with E-state index in [9.17, 15) is 4.39 Å². The van der Waals surface area contributed by atoms with Crippen molar-refractivity contribution in [3.63, 3.8) is 0 Å². The van der Waals surface area contributed by atoms with Gasteiger partial charge in [-0.1, -0.05) is 47.2 Å². The fourth-order valence-electron chi connectivity index (χ4n) is 1.69. The summed E-state index contributed by atoms with van der Waals surface area (Å²) in [5.74, 6) is 5.53. The van der Waals surface area contributed by atoms with Crippen LogP contribution in [0.5, 0.6) is 5.75 Å². The first-order valence-corrected chi connectivity index (χ1v) is 6.91. The standard InChI is InChI=1S/C16H12Cl2FNO/c17-14-5-1-3-12(16(14)18)10-21-15-7-6-13(19)9-11(15)4-2-8-20/h1,3,5-7,9H,8,10,20H2. The zero-order valence-corrected chi connectivity index (χ0v) is 12.5. The van der Waals surface area contributed by atoms with E-state index in [1.165, 1.54) is 18.2 Å². The molecule has 0 saturated heterocycles. The first-order chi connectivity index (χ1) is 10.1. The molecule has 0 atom stereocenters. The van der Waals surface area contributed by atoms with Gasteiger partial charge in [0.2, 0.25) is 0 Å². The minimum atomic E-state index is -0.385. The summed E-state index contributed by atoms with van der Waals surface area (Å²) >= 11 is 12.0. The zero-order valence-electron chi connectivity index (χ0n) is 11.0. The van der Waals surface area contributed by atoms with Crippen LogP contribution in [0, 0.1) is 17.7 Å². The number of nitrogens with two attached hydrogens (primary N) is 1. The van der Waals surface area contributed by atoms with Crippen LogP contribution < -0.4 is 10.5 Å². The van der Waals surface area contributed by atoms with Crippen LogP contribution in [0.4, 0.5) is 4.39 Å². The summed E-state index contributed by atoms with van der Waals surface area (Å²) in [5.41, 5.74) is 6.51. The van der Waals surface area contributed by atoms with Crippen molar-refractivity contribution in [2.45, 2.75) is 6.61 Å². The van der Waals surface area contributed by atoms with E-state index in [0.29, 0.717) is 21.4 Å². The smallest absolute Gasteiger partial charge is 0.135 e. The molecule has 0 aliphatic heterocycles. The fourth-order valence-corrected chi connectivity index (χ4v) is 2.06. The van der Waals surface area contributed by atoms with Crippen LogP contribution in [0.15, 0.2) is 36.4 Å². The molecular weight excluding hydrogens is 312 g/mol. The van der Waals surface area contributed by atoms with Crippen LogP contribution in [0.1, 0.15) is 11.1 Å². The van der Waals surface area contributed by atoms with Gasteiger partial charge in [0.15, 0.2) is 0 Å². The maximum atomic E-state index is 13.3. The molecular formula is C16H12Cl2FNO. The predicted molar refractivity (Wildman–Crippen MR) is 83.1 cm³/mol. The Bertz CT molecular complexity index is 707. The van der Waals surface area contributed by atoms with Gasteiger partial charge in [0.25, 0.3) is 0 Å². The average molecular weight is 324 g/mol. The highest BCUT2D eigenvalue weighted by molar-refractivity contribution is 6.42. The summed E-state index contributed by atoms with van der Waals surface area (Å²) in [5, 5.41) is 0.899. The van der Waals surface area contributed by atoms with Crippen molar-refractivity contribution in [2.75, 3.05) is 6.54 Å². The maximum Gasteiger partial charge on any atom is 0.135 e. The van der Waals surface area contributed by atoms with Gasteiger partial charge in [0.1, 0.15) is 18.2 Å². The van der Waals surface area contributed by atoms with E-state index in [1.54, 1.807) is 12.1 Å². The van der Waals surface area contributed by atoms with Crippen molar-refractivity contribution in [2.24, 2.45) is 5.73 Å². The molecule has 21 heavy (non-hydrogen) atoms. The highest BCUT2D eigenvalue weighted by Crippen LogP contribution is 2.27. The second-order valence-corrected chi connectivity index (χ2v) is 4.93. The van der Waals surface area contributed by atoms with E-state index in [4.69, 9.17) is 33.7 Å². The lowest BCUT2D eigenvalue weighted by molar-refractivity contribution is 0.305. The molecule has 5 heteroatoms. The number of hydrogen-bond acceptors (Lipinski definition) is 2. The Hall–Kier alpha value is -1.73. The van der Waals surface area contributed by atoms with Crippen molar-refractivity contribution in [1.82, 2.24) is 0 Å². The van der Waals surface area contributed by atoms with E-state index in [0.717, 1.165) is 5.56 Å². The van der Waals surface area contributed by atoms with Gasteiger partial charge in [-0.3, -0.25) is 0 Å².